The number of fused-ring (bicyclic) bond motifs is 2. The van der Waals surface area contributed by atoms with Gasteiger partial charge < -0.3 is 9.30 Å². The van der Waals surface area contributed by atoms with E-state index >= 15 is 0 Å². The summed E-state index contributed by atoms with van der Waals surface area (Å²) in [7, 11) is 0. The van der Waals surface area contributed by atoms with Gasteiger partial charge in [0.1, 0.15) is 17.4 Å². The van der Waals surface area contributed by atoms with Gasteiger partial charge in [0.2, 0.25) is 5.17 Å². The molecule has 4 aromatic rings. The first kappa shape index (κ1) is 23.9. The number of amides is 1. The predicted octanol–water partition coefficient (Wildman–Crippen LogP) is 6.25. The van der Waals surface area contributed by atoms with E-state index in [1.807, 2.05) is 63.2 Å². The van der Waals surface area contributed by atoms with Crippen LogP contribution >= 0.6 is 11.8 Å². The van der Waals surface area contributed by atoms with E-state index in [4.69, 9.17) is 10.1 Å². The average Bonchev–Trinajstić information content (AvgIpc) is 3.45. The zero-order valence-electron chi connectivity index (χ0n) is 21.2. The van der Waals surface area contributed by atoms with Gasteiger partial charge in [-0.3, -0.25) is 10.2 Å². The van der Waals surface area contributed by atoms with E-state index in [0.29, 0.717) is 10.2 Å². The first-order chi connectivity index (χ1) is 18.4. The molecule has 0 aliphatic carbocycles. The van der Waals surface area contributed by atoms with Crippen LogP contribution in [-0.4, -0.2) is 38.1 Å². The van der Waals surface area contributed by atoms with Crippen molar-refractivity contribution in [2.45, 2.75) is 20.8 Å². The number of hydrogen-bond donors (Lipinski definition) is 1. The maximum absolute atomic E-state index is 13.0. The van der Waals surface area contributed by atoms with Gasteiger partial charge in [-0.05, 0) is 84.8 Å². The minimum absolute atomic E-state index is 0.00824. The number of nitrogens with one attached hydrogen (secondary N) is 1. The van der Waals surface area contributed by atoms with Gasteiger partial charge in [-0.15, -0.1) is 0 Å². The number of amidine groups is 2. The summed E-state index contributed by atoms with van der Waals surface area (Å²) in [5.74, 6) is 0.338. The fourth-order valence-corrected chi connectivity index (χ4v) is 5.55. The Morgan fingerprint density at radius 1 is 0.974 bits per heavy atom. The van der Waals surface area contributed by atoms with Crippen LogP contribution in [-0.2, 0) is 4.79 Å². The molecule has 1 amide bonds. The van der Waals surface area contributed by atoms with Gasteiger partial charge in [-0.2, -0.15) is 15.1 Å². The Kier molecular flexibility index (Phi) is 5.96. The molecule has 0 radical (unpaired) electrons. The Hall–Kier alpha value is -4.43. The highest BCUT2D eigenvalue weighted by molar-refractivity contribution is 8.27. The third-order valence-corrected chi connectivity index (χ3v) is 7.58. The second-order valence-corrected chi connectivity index (χ2v) is 10.3. The third-order valence-electron chi connectivity index (χ3n) is 6.70. The number of aliphatic imine (C=N–C) groups is 1. The molecule has 2 aliphatic rings. The Labute approximate surface area is 224 Å². The first-order valence-electron chi connectivity index (χ1n) is 12.2. The summed E-state index contributed by atoms with van der Waals surface area (Å²) in [6, 6.07) is 24.4. The van der Waals surface area contributed by atoms with Crippen LogP contribution in [0.4, 0.5) is 0 Å². The van der Waals surface area contributed by atoms with Gasteiger partial charge in [-0.25, -0.2) is 0 Å². The SMILES string of the molecule is Cc1ccccc1OCC1=NN2C(=N)C(=Cc3cc(C)n(-c4ccc5ccccc5c4)c3C)C(=O)N=C2S1. The van der Waals surface area contributed by atoms with Crippen LogP contribution in [0.2, 0.25) is 0 Å². The van der Waals surface area contributed by atoms with E-state index in [2.05, 4.69) is 45.0 Å². The number of aryl methyl sites for hydroxylation is 2. The molecule has 6 rings (SSSR count). The van der Waals surface area contributed by atoms with Crippen molar-refractivity contribution in [1.29, 1.82) is 5.41 Å². The zero-order valence-corrected chi connectivity index (χ0v) is 22.0. The molecule has 0 spiro atoms. The number of aromatic nitrogens is 1. The van der Waals surface area contributed by atoms with E-state index in [-0.39, 0.29) is 18.0 Å². The maximum Gasteiger partial charge on any atom is 0.283 e. The molecule has 8 heteroatoms. The van der Waals surface area contributed by atoms with Gasteiger partial charge in [0.25, 0.3) is 5.91 Å². The van der Waals surface area contributed by atoms with Crippen LogP contribution < -0.4 is 4.74 Å². The minimum atomic E-state index is -0.444. The second kappa shape index (κ2) is 9.46. The molecule has 1 N–H and O–H groups in total. The molecule has 2 aliphatic heterocycles. The van der Waals surface area contributed by atoms with Crippen molar-refractivity contribution in [1.82, 2.24) is 9.58 Å². The van der Waals surface area contributed by atoms with Crippen molar-refractivity contribution in [2.75, 3.05) is 6.61 Å². The van der Waals surface area contributed by atoms with Crippen LogP contribution in [0.25, 0.3) is 22.5 Å². The van der Waals surface area contributed by atoms with Crippen molar-refractivity contribution in [3.63, 3.8) is 0 Å². The molecular formula is C30H25N5O2S. The summed E-state index contributed by atoms with van der Waals surface area (Å²) in [5.41, 5.74) is 5.16. The van der Waals surface area contributed by atoms with Gasteiger partial charge in [-0.1, -0.05) is 48.5 Å². The molecule has 0 bridgehead atoms. The summed E-state index contributed by atoms with van der Waals surface area (Å²) in [5, 5.41) is 18.0. The Bertz CT molecular complexity index is 1730. The molecule has 188 valence electrons. The number of para-hydroxylation sites is 1. The summed E-state index contributed by atoms with van der Waals surface area (Å²) in [4.78, 5) is 17.2. The van der Waals surface area contributed by atoms with Crippen molar-refractivity contribution < 1.29 is 9.53 Å². The number of ether oxygens (including phenoxy) is 1. The van der Waals surface area contributed by atoms with Crippen molar-refractivity contribution >= 4 is 50.6 Å². The van der Waals surface area contributed by atoms with Crippen molar-refractivity contribution in [2.24, 2.45) is 10.1 Å². The number of carbonyl (C=O) groups is 1. The Morgan fingerprint density at radius 2 is 1.74 bits per heavy atom. The molecule has 3 heterocycles. The lowest BCUT2D eigenvalue weighted by molar-refractivity contribution is -0.114. The highest BCUT2D eigenvalue weighted by Crippen LogP contribution is 2.31. The molecule has 38 heavy (non-hydrogen) atoms. The molecule has 0 atom stereocenters. The van der Waals surface area contributed by atoms with Gasteiger partial charge in [0, 0.05) is 17.1 Å². The molecule has 0 fully saturated rings. The van der Waals surface area contributed by atoms with Crippen LogP contribution in [0.3, 0.4) is 0 Å². The highest BCUT2D eigenvalue weighted by atomic mass is 32.2. The fraction of sp³-hybridized carbons (Fsp3) is 0.133. The molecule has 7 nitrogen and oxygen atoms in total. The van der Waals surface area contributed by atoms with Gasteiger partial charge in [0.05, 0.1) is 5.57 Å². The normalized spacial score (nSPS) is 16.2. The Balaban J connectivity index is 1.28. The van der Waals surface area contributed by atoms with Crippen molar-refractivity contribution in [3.8, 4) is 11.4 Å². The fourth-order valence-electron chi connectivity index (χ4n) is 4.75. The van der Waals surface area contributed by atoms with Crippen LogP contribution in [0.15, 0.2) is 88.5 Å². The number of benzene rings is 3. The number of thioether (sulfide) groups is 1. The van der Waals surface area contributed by atoms with Crippen LogP contribution in [0.1, 0.15) is 22.5 Å². The van der Waals surface area contributed by atoms with E-state index < -0.39 is 5.91 Å². The summed E-state index contributed by atoms with van der Waals surface area (Å²) in [6.45, 7) is 6.27. The smallest absolute Gasteiger partial charge is 0.283 e. The first-order valence-corrected chi connectivity index (χ1v) is 13.1. The standard InChI is InChI=1S/C30H25N5O2S/c1-18-8-4-7-11-26(18)37-17-27-33-35-28(31)25(29(36)32-30(35)38-27)16-23-14-19(2)34(20(23)3)24-13-12-21-9-5-6-10-22(21)15-24/h4-16,31H,17H2,1-3H3. The minimum Gasteiger partial charge on any atom is -0.486 e. The highest BCUT2D eigenvalue weighted by Gasteiger charge is 2.36. The Morgan fingerprint density at radius 3 is 2.55 bits per heavy atom. The van der Waals surface area contributed by atoms with Gasteiger partial charge in [0.15, 0.2) is 5.84 Å². The predicted molar refractivity (Wildman–Crippen MR) is 154 cm³/mol. The van der Waals surface area contributed by atoms with Gasteiger partial charge >= 0.3 is 0 Å². The van der Waals surface area contributed by atoms with Crippen LogP contribution in [0, 0.1) is 26.2 Å². The molecule has 0 saturated heterocycles. The summed E-state index contributed by atoms with van der Waals surface area (Å²) < 4.78 is 8.07. The quantitative estimate of drug-likeness (QED) is 0.316. The summed E-state index contributed by atoms with van der Waals surface area (Å²) >= 11 is 1.25. The number of rotatable bonds is 5. The third kappa shape index (κ3) is 4.22. The lowest BCUT2D eigenvalue weighted by atomic mass is 10.1. The molecular weight excluding hydrogens is 494 g/mol. The summed E-state index contributed by atoms with van der Waals surface area (Å²) in [6.07, 6.45) is 1.74. The topological polar surface area (TPSA) is 83.0 Å². The largest absolute Gasteiger partial charge is 0.486 e. The van der Waals surface area contributed by atoms with Crippen LogP contribution in [0.5, 0.6) is 5.75 Å². The molecule has 1 aromatic heterocycles. The monoisotopic (exact) mass is 519 g/mol. The number of hydrazone groups is 1. The maximum atomic E-state index is 13.0. The average molecular weight is 520 g/mol. The van der Waals surface area contributed by atoms with E-state index in [1.165, 1.54) is 22.2 Å². The second-order valence-electron chi connectivity index (χ2n) is 9.26. The zero-order chi connectivity index (χ0) is 26.4. The molecule has 0 saturated carbocycles. The van der Waals surface area contributed by atoms with E-state index in [1.54, 1.807) is 6.08 Å². The number of hydrogen-bond acceptors (Lipinski definition) is 5. The number of nitrogens with zero attached hydrogens (tertiary/aromatic N) is 4. The number of carbonyl (C=O) groups excluding carboxylic acids is 1. The van der Waals surface area contributed by atoms with E-state index in [0.717, 1.165) is 39.3 Å². The lowest BCUT2D eigenvalue weighted by Gasteiger charge is -2.20. The van der Waals surface area contributed by atoms with Crippen molar-refractivity contribution in [3.05, 3.63) is 101 Å². The lowest BCUT2D eigenvalue weighted by Crippen LogP contribution is -2.35. The molecule has 0 unspecified atom stereocenters. The van der Waals surface area contributed by atoms with E-state index in [9.17, 15) is 4.79 Å². The molecule has 3 aromatic carbocycles.